The minimum Gasteiger partial charge on any atom is -0.487 e. The summed E-state index contributed by atoms with van der Waals surface area (Å²) in [5.41, 5.74) is 0.818. The average Bonchev–Trinajstić information content (AvgIpc) is 3.14. The van der Waals surface area contributed by atoms with E-state index in [1.165, 1.54) is 23.1 Å². The van der Waals surface area contributed by atoms with Crippen molar-refractivity contribution in [2.45, 2.75) is 0 Å². The highest BCUT2D eigenvalue weighted by Gasteiger charge is 2.14. The maximum Gasteiger partial charge on any atom is 0.340 e. The Kier molecular flexibility index (Phi) is 4.76. The lowest BCUT2D eigenvalue weighted by atomic mass is 10.2. The van der Waals surface area contributed by atoms with Crippen molar-refractivity contribution in [2.24, 2.45) is 0 Å². The quantitative estimate of drug-likeness (QED) is 0.509. The lowest BCUT2D eigenvalue weighted by Crippen LogP contribution is -2.15. The number of para-hydroxylation sites is 2. The fourth-order valence-electron chi connectivity index (χ4n) is 2.04. The van der Waals surface area contributed by atoms with E-state index in [9.17, 15) is 9.18 Å². The first-order valence-corrected chi connectivity index (χ1v) is 7.12. The molecule has 0 spiro atoms. The molecule has 0 amide bonds. The van der Waals surface area contributed by atoms with Crippen molar-refractivity contribution in [3.63, 3.8) is 0 Å². The normalized spacial score (nSPS) is 10.4. The Morgan fingerprint density at radius 1 is 1.08 bits per heavy atom. The van der Waals surface area contributed by atoms with Crippen molar-refractivity contribution in [1.82, 2.24) is 20.2 Å². The summed E-state index contributed by atoms with van der Waals surface area (Å²) in [7, 11) is 0. The van der Waals surface area contributed by atoms with Gasteiger partial charge in [-0.15, -0.1) is 5.10 Å². The highest BCUT2D eigenvalue weighted by Crippen LogP contribution is 2.16. The first-order valence-electron chi connectivity index (χ1n) is 7.12. The molecule has 1 aromatic heterocycles. The van der Waals surface area contributed by atoms with Crippen molar-refractivity contribution in [3.8, 4) is 11.4 Å². The van der Waals surface area contributed by atoms with E-state index in [0.717, 1.165) is 0 Å². The molecule has 2 aromatic carbocycles. The van der Waals surface area contributed by atoms with E-state index in [1.807, 2.05) is 0 Å². The van der Waals surface area contributed by atoms with Gasteiger partial charge in [-0.25, -0.2) is 9.18 Å². The van der Waals surface area contributed by atoms with Gasteiger partial charge in [0, 0.05) is 0 Å². The number of nitrogens with zero attached hydrogens (tertiary/aromatic N) is 4. The second-order valence-corrected chi connectivity index (χ2v) is 4.69. The van der Waals surface area contributed by atoms with Crippen molar-refractivity contribution in [3.05, 3.63) is 66.2 Å². The molecule has 0 unspecified atom stereocenters. The summed E-state index contributed by atoms with van der Waals surface area (Å²) in [5.74, 6) is -0.895. The third-order valence-electron chi connectivity index (χ3n) is 3.13. The van der Waals surface area contributed by atoms with Gasteiger partial charge in [-0.3, -0.25) is 0 Å². The summed E-state index contributed by atoms with van der Waals surface area (Å²) in [5, 5.41) is 10.8. The smallest absolute Gasteiger partial charge is 0.340 e. The van der Waals surface area contributed by atoms with E-state index in [0.29, 0.717) is 11.3 Å². The van der Waals surface area contributed by atoms with Gasteiger partial charge in [0.05, 0.1) is 11.3 Å². The predicted molar refractivity (Wildman–Crippen MR) is 81.3 cm³/mol. The molecule has 0 aliphatic carbocycles. The monoisotopic (exact) mass is 328 g/mol. The standard InChI is InChI=1S/C16H13FN4O3/c17-13-6-2-4-8-15(13)23-9-10-24-16(22)12-5-1-3-7-14(12)21-11-18-19-20-21/h1-8,11H,9-10H2. The fourth-order valence-corrected chi connectivity index (χ4v) is 2.04. The number of aromatic nitrogens is 4. The van der Waals surface area contributed by atoms with Crippen LogP contribution in [0, 0.1) is 5.82 Å². The number of halogens is 1. The van der Waals surface area contributed by atoms with E-state index in [2.05, 4.69) is 15.5 Å². The van der Waals surface area contributed by atoms with Gasteiger partial charge >= 0.3 is 5.97 Å². The van der Waals surface area contributed by atoms with Gasteiger partial charge in [0.1, 0.15) is 19.5 Å². The van der Waals surface area contributed by atoms with Crippen LogP contribution in [0.25, 0.3) is 5.69 Å². The molecule has 0 fully saturated rings. The van der Waals surface area contributed by atoms with E-state index >= 15 is 0 Å². The first kappa shape index (κ1) is 15.6. The minimum atomic E-state index is -0.543. The third-order valence-corrected chi connectivity index (χ3v) is 3.13. The van der Waals surface area contributed by atoms with Gasteiger partial charge in [-0.1, -0.05) is 24.3 Å². The van der Waals surface area contributed by atoms with Crippen LogP contribution in [0.15, 0.2) is 54.9 Å². The molecule has 0 atom stereocenters. The minimum absolute atomic E-state index is 0.0168. The Hall–Kier alpha value is -3.29. The highest BCUT2D eigenvalue weighted by atomic mass is 19.1. The van der Waals surface area contributed by atoms with Gasteiger partial charge < -0.3 is 9.47 Å². The number of ether oxygens (including phenoxy) is 2. The molecule has 3 rings (SSSR count). The number of hydrogen-bond donors (Lipinski definition) is 0. The largest absolute Gasteiger partial charge is 0.487 e. The number of hydrogen-bond acceptors (Lipinski definition) is 6. The molecular weight excluding hydrogens is 315 g/mol. The molecule has 0 bridgehead atoms. The summed E-state index contributed by atoms with van der Waals surface area (Å²) in [4.78, 5) is 12.2. The number of carbonyl (C=O) groups is 1. The highest BCUT2D eigenvalue weighted by molar-refractivity contribution is 5.93. The molecule has 0 aliphatic heterocycles. The van der Waals surface area contributed by atoms with E-state index in [-0.39, 0.29) is 19.0 Å². The Morgan fingerprint density at radius 3 is 2.67 bits per heavy atom. The number of benzene rings is 2. The lowest BCUT2D eigenvalue weighted by Gasteiger charge is -2.10. The molecule has 8 heteroatoms. The Labute approximate surface area is 136 Å². The SMILES string of the molecule is O=C(OCCOc1ccccc1F)c1ccccc1-n1cnnn1. The lowest BCUT2D eigenvalue weighted by molar-refractivity contribution is 0.0448. The van der Waals surface area contributed by atoms with E-state index < -0.39 is 11.8 Å². The average molecular weight is 328 g/mol. The summed E-state index contributed by atoms with van der Waals surface area (Å²) < 4.78 is 25.2. The molecule has 0 saturated carbocycles. The molecule has 122 valence electrons. The van der Waals surface area contributed by atoms with Crippen LogP contribution in [0.1, 0.15) is 10.4 Å². The first-order chi connectivity index (χ1) is 11.8. The van der Waals surface area contributed by atoms with Gasteiger partial charge in [-0.05, 0) is 34.7 Å². The van der Waals surface area contributed by atoms with Crippen LogP contribution in [0.5, 0.6) is 5.75 Å². The van der Waals surface area contributed by atoms with Crippen molar-refractivity contribution in [2.75, 3.05) is 13.2 Å². The second kappa shape index (κ2) is 7.32. The molecule has 0 radical (unpaired) electrons. The Balaban J connectivity index is 1.59. The van der Waals surface area contributed by atoms with Gasteiger partial charge in [0.15, 0.2) is 11.6 Å². The molecule has 1 heterocycles. The Bertz CT molecular complexity index is 824. The second-order valence-electron chi connectivity index (χ2n) is 4.69. The summed E-state index contributed by atoms with van der Waals surface area (Å²) in [6, 6.07) is 12.8. The van der Waals surface area contributed by atoms with Gasteiger partial charge in [0.2, 0.25) is 0 Å². The molecule has 0 aliphatic rings. The number of esters is 1. The summed E-state index contributed by atoms with van der Waals surface area (Å²) in [6.07, 6.45) is 1.38. The number of tetrazole rings is 1. The molecular formula is C16H13FN4O3. The zero-order chi connectivity index (χ0) is 16.8. The van der Waals surface area contributed by atoms with Crippen LogP contribution in [0.3, 0.4) is 0 Å². The molecule has 3 aromatic rings. The zero-order valence-corrected chi connectivity index (χ0v) is 12.5. The van der Waals surface area contributed by atoms with Crippen molar-refractivity contribution >= 4 is 5.97 Å². The Morgan fingerprint density at radius 2 is 1.88 bits per heavy atom. The maximum absolute atomic E-state index is 13.4. The topological polar surface area (TPSA) is 79.1 Å². The summed E-state index contributed by atoms with van der Waals surface area (Å²) >= 11 is 0. The van der Waals surface area contributed by atoms with Crippen LogP contribution in [0.4, 0.5) is 4.39 Å². The van der Waals surface area contributed by atoms with Crippen LogP contribution >= 0.6 is 0 Å². The maximum atomic E-state index is 13.4. The van der Waals surface area contributed by atoms with Crippen LogP contribution in [0.2, 0.25) is 0 Å². The third kappa shape index (κ3) is 3.54. The zero-order valence-electron chi connectivity index (χ0n) is 12.5. The summed E-state index contributed by atoms with van der Waals surface area (Å²) in [6.45, 7) is 0.0246. The van der Waals surface area contributed by atoms with Gasteiger partial charge in [0.25, 0.3) is 0 Å². The molecule has 7 nitrogen and oxygen atoms in total. The van der Waals surface area contributed by atoms with Crippen LogP contribution in [-0.4, -0.2) is 39.4 Å². The van der Waals surface area contributed by atoms with Gasteiger partial charge in [-0.2, -0.15) is 4.68 Å². The number of carbonyl (C=O) groups excluding carboxylic acids is 1. The van der Waals surface area contributed by atoms with Crippen molar-refractivity contribution < 1.29 is 18.7 Å². The van der Waals surface area contributed by atoms with Crippen molar-refractivity contribution in [1.29, 1.82) is 0 Å². The van der Waals surface area contributed by atoms with Crippen LogP contribution < -0.4 is 4.74 Å². The van der Waals surface area contributed by atoms with Crippen LogP contribution in [-0.2, 0) is 4.74 Å². The fraction of sp³-hybridized carbons (Fsp3) is 0.125. The van der Waals surface area contributed by atoms with E-state index in [4.69, 9.17) is 9.47 Å². The van der Waals surface area contributed by atoms with E-state index in [1.54, 1.807) is 36.4 Å². The molecule has 0 N–H and O–H groups in total. The predicted octanol–water partition coefficient (Wildman–Crippen LogP) is 2.04. The molecule has 0 saturated heterocycles. The molecule has 24 heavy (non-hydrogen) atoms. The number of rotatable bonds is 6.